The molecule has 1 N–H and O–H groups in total. The van der Waals surface area contributed by atoms with Crippen LogP contribution in [-0.4, -0.2) is 46.6 Å². The maximum atomic E-state index is 11.7. The third kappa shape index (κ3) is 5.48. The van der Waals surface area contributed by atoms with Gasteiger partial charge in [-0.15, -0.1) is 11.3 Å². The quantitative estimate of drug-likeness (QED) is 0.301. The number of anilines is 1. The van der Waals surface area contributed by atoms with Crippen LogP contribution in [0.15, 0.2) is 35.7 Å². The van der Waals surface area contributed by atoms with E-state index in [0.717, 1.165) is 72.8 Å². The normalized spacial score (nSPS) is 25.2. The Morgan fingerprint density at radius 3 is 2.70 bits per heavy atom. The van der Waals surface area contributed by atoms with Gasteiger partial charge in [0, 0.05) is 43.2 Å². The second-order valence-corrected chi connectivity index (χ2v) is 15.3. The summed E-state index contributed by atoms with van der Waals surface area (Å²) in [7, 11) is 0. The fourth-order valence-corrected chi connectivity index (χ4v) is 8.87. The van der Waals surface area contributed by atoms with E-state index in [0.29, 0.717) is 18.4 Å². The maximum absolute atomic E-state index is 11.7. The molecule has 1 aromatic heterocycles. The molecule has 2 aromatic carbocycles. The lowest BCUT2D eigenvalue weighted by Crippen LogP contribution is -2.42. The van der Waals surface area contributed by atoms with Crippen LogP contribution in [0.1, 0.15) is 80.2 Å². The molecule has 2 aliphatic heterocycles. The predicted molar refractivity (Wildman–Crippen MR) is 173 cm³/mol. The van der Waals surface area contributed by atoms with Crippen LogP contribution in [0.4, 0.5) is 5.13 Å². The van der Waals surface area contributed by atoms with E-state index in [1.54, 1.807) is 11.3 Å². The highest BCUT2D eigenvalue weighted by Crippen LogP contribution is 2.58. The number of ether oxygens (including phenoxy) is 1. The van der Waals surface area contributed by atoms with E-state index in [-0.39, 0.29) is 5.92 Å². The van der Waals surface area contributed by atoms with E-state index >= 15 is 0 Å². The number of rotatable bonds is 7. The highest BCUT2D eigenvalue weighted by atomic mass is 32.1. The van der Waals surface area contributed by atoms with Gasteiger partial charge in [0.2, 0.25) is 0 Å². The maximum Gasteiger partial charge on any atom is 0.310 e. The van der Waals surface area contributed by atoms with E-state index in [1.165, 1.54) is 47.9 Å². The third-order valence-electron chi connectivity index (χ3n) is 11.0. The number of hydrogen-bond donors (Lipinski definition) is 1. The van der Waals surface area contributed by atoms with Crippen molar-refractivity contribution in [2.24, 2.45) is 16.7 Å². The first-order valence-corrected chi connectivity index (χ1v) is 17.0. The van der Waals surface area contributed by atoms with Crippen molar-refractivity contribution in [3.63, 3.8) is 0 Å². The standard InChI is InChI=1S/C36H45N3O3S/c1-23-6-5-7-29(31-22-43-34(37-31)39-15-13-36(33(40)41)18-27(36)19-39)32(23)42-21-25-16-24(2)30-20-38(14-10-26(30)17-25)28-8-11-35(3,4)12-9-28/h5-7,16-17,22,27-28H,8-15,18-21H2,1-4H3,(H,40,41)/t27-,36+/m0/s1. The summed E-state index contributed by atoms with van der Waals surface area (Å²) in [6, 6.07) is 11.7. The average Bonchev–Trinajstić information content (AvgIpc) is 3.54. The number of benzene rings is 2. The Hall–Kier alpha value is -2.90. The molecule has 2 saturated carbocycles. The van der Waals surface area contributed by atoms with Crippen LogP contribution in [0.3, 0.4) is 0 Å². The Morgan fingerprint density at radius 1 is 1.12 bits per heavy atom. The average molecular weight is 600 g/mol. The predicted octanol–water partition coefficient (Wildman–Crippen LogP) is 7.63. The molecule has 0 radical (unpaired) electrons. The van der Waals surface area contributed by atoms with E-state index in [2.05, 4.69) is 73.2 Å². The van der Waals surface area contributed by atoms with Crippen LogP contribution in [0, 0.1) is 30.6 Å². The van der Waals surface area contributed by atoms with Crippen LogP contribution >= 0.6 is 11.3 Å². The van der Waals surface area contributed by atoms with Crippen molar-refractivity contribution < 1.29 is 14.6 Å². The largest absolute Gasteiger partial charge is 0.488 e. The van der Waals surface area contributed by atoms with Gasteiger partial charge in [-0.3, -0.25) is 9.69 Å². The first kappa shape index (κ1) is 28.8. The topological polar surface area (TPSA) is 65.9 Å². The minimum Gasteiger partial charge on any atom is -0.488 e. The van der Waals surface area contributed by atoms with Crippen molar-refractivity contribution >= 4 is 22.4 Å². The molecule has 1 saturated heterocycles. The van der Waals surface area contributed by atoms with Gasteiger partial charge in [-0.05, 0) is 104 Å². The molecule has 7 heteroatoms. The van der Waals surface area contributed by atoms with Gasteiger partial charge in [0.05, 0.1) is 11.1 Å². The molecular weight excluding hydrogens is 554 g/mol. The first-order valence-electron chi connectivity index (χ1n) is 16.1. The van der Waals surface area contributed by atoms with Gasteiger partial charge in [-0.25, -0.2) is 4.98 Å². The number of thiazole rings is 1. The van der Waals surface area contributed by atoms with Gasteiger partial charge in [0.1, 0.15) is 12.4 Å². The van der Waals surface area contributed by atoms with Gasteiger partial charge in [0.15, 0.2) is 5.13 Å². The Labute approximate surface area is 260 Å². The van der Waals surface area contributed by atoms with E-state index in [1.807, 2.05) is 0 Å². The Balaban J connectivity index is 1.03. The molecule has 4 aliphatic rings. The summed E-state index contributed by atoms with van der Waals surface area (Å²) in [6.45, 7) is 13.5. The molecule has 7 rings (SSSR count). The highest BCUT2D eigenvalue weighted by molar-refractivity contribution is 7.14. The Bertz CT molecular complexity index is 1540. The Morgan fingerprint density at radius 2 is 1.93 bits per heavy atom. The Kier molecular flexibility index (Phi) is 7.32. The number of fused-ring (bicyclic) bond motifs is 2. The third-order valence-corrected chi connectivity index (χ3v) is 11.9. The minimum atomic E-state index is -0.627. The molecule has 2 atom stereocenters. The molecule has 3 heterocycles. The number of hydrogen-bond acceptors (Lipinski definition) is 6. The van der Waals surface area contributed by atoms with Gasteiger partial charge < -0.3 is 14.7 Å². The number of aliphatic carboxylic acids is 1. The summed E-state index contributed by atoms with van der Waals surface area (Å²) in [5, 5.41) is 12.7. The first-order chi connectivity index (χ1) is 20.6. The SMILES string of the molecule is Cc1cc(COc2c(C)cccc2-c2csc(N3CC[C@@]4(C(=O)O)C[C@H]4C3)n2)cc2c1CN(C1CCC(C)(C)CC1)CC2. The number of para-hydroxylation sites is 1. The molecule has 3 fully saturated rings. The second-order valence-electron chi connectivity index (χ2n) is 14.5. The summed E-state index contributed by atoms with van der Waals surface area (Å²) in [5.41, 5.74) is 8.72. The number of carboxylic acids is 1. The molecule has 0 spiro atoms. The fourth-order valence-electron chi connectivity index (χ4n) is 8.01. The van der Waals surface area contributed by atoms with E-state index < -0.39 is 11.4 Å². The number of carboxylic acid groups (broad SMARTS) is 1. The van der Waals surface area contributed by atoms with Gasteiger partial charge in [-0.2, -0.15) is 0 Å². The van der Waals surface area contributed by atoms with Crippen LogP contribution < -0.4 is 9.64 Å². The van der Waals surface area contributed by atoms with Crippen molar-refractivity contribution in [1.29, 1.82) is 0 Å². The molecule has 3 aromatic rings. The van der Waals surface area contributed by atoms with E-state index in [4.69, 9.17) is 9.72 Å². The zero-order valence-corrected chi connectivity index (χ0v) is 26.9. The lowest BCUT2D eigenvalue weighted by Gasteiger charge is -2.42. The number of aromatic nitrogens is 1. The van der Waals surface area contributed by atoms with Crippen molar-refractivity contribution in [1.82, 2.24) is 9.88 Å². The molecule has 6 nitrogen and oxygen atoms in total. The zero-order valence-electron chi connectivity index (χ0n) is 26.1. The summed E-state index contributed by atoms with van der Waals surface area (Å²) < 4.78 is 6.58. The van der Waals surface area contributed by atoms with Gasteiger partial charge >= 0.3 is 5.97 Å². The van der Waals surface area contributed by atoms with E-state index in [9.17, 15) is 9.90 Å². The smallest absolute Gasteiger partial charge is 0.310 e. The van der Waals surface area contributed by atoms with Crippen LogP contribution in [-0.2, 0) is 24.4 Å². The molecule has 0 amide bonds. The summed E-state index contributed by atoms with van der Waals surface area (Å²) in [4.78, 5) is 21.8. The van der Waals surface area contributed by atoms with Crippen molar-refractivity contribution in [2.75, 3.05) is 24.5 Å². The molecule has 0 bridgehead atoms. The number of nitrogens with zero attached hydrogens (tertiary/aromatic N) is 3. The molecular formula is C36H45N3O3S. The summed E-state index contributed by atoms with van der Waals surface area (Å²) in [5.74, 6) is 0.511. The van der Waals surface area contributed by atoms with Crippen LogP contribution in [0.2, 0.25) is 0 Å². The zero-order chi connectivity index (χ0) is 29.9. The lowest BCUT2D eigenvalue weighted by atomic mass is 9.75. The van der Waals surface area contributed by atoms with Gasteiger partial charge in [-0.1, -0.05) is 38.1 Å². The van der Waals surface area contributed by atoms with Crippen molar-refractivity contribution in [3.05, 3.63) is 63.5 Å². The molecule has 228 valence electrons. The molecule has 0 unspecified atom stereocenters. The van der Waals surface area contributed by atoms with Gasteiger partial charge in [0.25, 0.3) is 0 Å². The number of carbonyl (C=O) groups is 1. The summed E-state index contributed by atoms with van der Waals surface area (Å²) in [6.07, 6.45) is 7.96. The minimum absolute atomic E-state index is 0.242. The molecule has 2 aliphatic carbocycles. The van der Waals surface area contributed by atoms with Crippen LogP contribution in [0.25, 0.3) is 11.3 Å². The fraction of sp³-hybridized carbons (Fsp3) is 0.556. The lowest BCUT2D eigenvalue weighted by molar-refractivity contribution is -0.144. The second kappa shape index (κ2) is 10.9. The van der Waals surface area contributed by atoms with Crippen LogP contribution in [0.5, 0.6) is 5.75 Å². The highest BCUT2D eigenvalue weighted by Gasteiger charge is 2.62. The summed E-state index contributed by atoms with van der Waals surface area (Å²) >= 11 is 1.64. The van der Waals surface area contributed by atoms with Crippen molar-refractivity contribution in [2.45, 2.75) is 91.8 Å². The van der Waals surface area contributed by atoms with Crippen molar-refractivity contribution in [3.8, 4) is 17.0 Å². The number of piperidine rings is 1. The monoisotopic (exact) mass is 599 g/mol. The number of aryl methyl sites for hydroxylation is 2. The molecule has 43 heavy (non-hydrogen) atoms.